The number of hydrogen-bond donors (Lipinski definition) is 0. The molecule has 0 N–H and O–H groups in total. The topological polar surface area (TPSA) is 0 Å². The molecule has 0 fully saturated rings. The van der Waals surface area contributed by atoms with Crippen molar-refractivity contribution in [2.24, 2.45) is 0 Å². The maximum absolute atomic E-state index is 2.12. The van der Waals surface area contributed by atoms with Gasteiger partial charge in [0.25, 0.3) is 0 Å². The molecule has 1 aliphatic carbocycles. The quantitative estimate of drug-likeness (QED) is 0.613. The van der Waals surface area contributed by atoms with Crippen molar-refractivity contribution < 1.29 is 40.8 Å². The number of hydrogen-bond acceptors (Lipinski definition) is 0. The van der Waals surface area contributed by atoms with Crippen LogP contribution in [-0.4, -0.2) is 0 Å². The Labute approximate surface area is 83.0 Å². The van der Waals surface area contributed by atoms with Crippen LogP contribution in [0.2, 0.25) is 0 Å². The van der Waals surface area contributed by atoms with Crippen LogP contribution in [-0.2, 0) is 0 Å². The first-order chi connectivity index (χ1) is 2.50. The van der Waals surface area contributed by atoms with Crippen molar-refractivity contribution >= 4 is 12.4 Å². The monoisotopic (exact) mass is 244 g/mol. The zero-order valence-electron chi connectivity index (χ0n) is 3.92. The fourth-order valence-corrected chi connectivity index (χ4v) is 0.393. The summed E-state index contributed by atoms with van der Waals surface area (Å²) in [6.07, 6.45) is 9.50. The third-order valence-corrected chi connectivity index (χ3v) is 0.655. The molecule has 0 spiro atoms. The Morgan fingerprint density at radius 2 is 1.43 bits per heavy atom. The molecule has 0 radical (unpaired) electrons. The van der Waals surface area contributed by atoms with Gasteiger partial charge in [0.05, 0.1) is 0 Å². The van der Waals surface area contributed by atoms with Crippen LogP contribution in [0.3, 0.4) is 0 Å². The van der Waals surface area contributed by atoms with Crippen molar-refractivity contribution in [1.29, 1.82) is 0 Å². The van der Waals surface area contributed by atoms with Crippen molar-refractivity contribution in [2.45, 2.75) is 6.42 Å². The van der Waals surface area contributed by atoms with Crippen molar-refractivity contribution in [1.82, 2.24) is 0 Å². The average molecular weight is 247 g/mol. The first kappa shape index (κ1) is 11.0. The van der Waals surface area contributed by atoms with Crippen LogP contribution in [0.15, 0.2) is 24.3 Å². The fourth-order valence-electron chi connectivity index (χ4n) is 0.393. The van der Waals surface area contributed by atoms with E-state index >= 15 is 0 Å². The molecule has 0 aliphatic heterocycles. The molecule has 1 rings (SSSR count). The first-order valence-corrected chi connectivity index (χ1v) is 1.82. The van der Waals surface area contributed by atoms with E-state index in [4.69, 9.17) is 0 Å². The Bertz CT molecular complexity index is 66.1. The molecule has 0 aromatic rings. The van der Waals surface area contributed by atoms with Crippen LogP contribution in [0, 0.1) is 40.8 Å². The Hall–Kier alpha value is 1.12. The summed E-state index contributed by atoms with van der Waals surface area (Å²) in [4.78, 5) is 0. The molecule has 0 amide bonds. The minimum absolute atomic E-state index is 0. The Morgan fingerprint density at radius 3 is 1.57 bits per heavy atom. The van der Waals surface area contributed by atoms with E-state index in [0.717, 1.165) is 6.42 Å². The SMILES string of the molecule is C1=CCC=C1.Cl.[Nd]. The van der Waals surface area contributed by atoms with Gasteiger partial charge in [-0.25, -0.2) is 0 Å². The van der Waals surface area contributed by atoms with Gasteiger partial charge in [0.2, 0.25) is 0 Å². The predicted molar refractivity (Wildman–Crippen MR) is 30.1 cm³/mol. The van der Waals surface area contributed by atoms with Gasteiger partial charge in [-0.15, -0.1) is 12.4 Å². The van der Waals surface area contributed by atoms with Gasteiger partial charge in [-0.05, 0) is 6.42 Å². The molecular formula is C5H7ClNd. The van der Waals surface area contributed by atoms with Gasteiger partial charge in [-0.2, -0.15) is 0 Å². The predicted octanol–water partition coefficient (Wildman–Crippen LogP) is 1.92. The van der Waals surface area contributed by atoms with Gasteiger partial charge in [-0.3, -0.25) is 0 Å². The summed E-state index contributed by atoms with van der Waals surface area (Å²) in [5, 5.41) is 0. The summed E-state index contributed by atoms with van der Waals surface area (Å²) in [7, 11) is 0. The number of halogens is 1. The van der Waals surface area contributed by atoms with Crippen molar-refractivity contribution in [2.75, 3.05) is 0 Å². The average Bonchev–Trinajstić information content (AvgIpc) is 1.76. The van der Waals surface area contributed by atoms with Gasteiger partial charge in [0.15, 0.2) is 0 Å². The van der Waals surface area contributed by atoms with E-state index < -0.39 is 0 Å². The first-order valence-electron chi connectivity index (χ1n) is 1.82. The van der Waals surface area contributed by atoms with Gasteiger partial charge in [0.1, 0.15) is 0 Å². The zero-order chi connectivity index (χ0) is 3.54. The molecule has 2 heteroatoms. The van der Waals surface area contributed by atoms with Gasteiger partial charge < -0.3 is 0 Å². The van der Waals surface area contributed by atoms with E-state index in [1.165, 1.54) is 0 Å². The van der Waals surface area contributed by atoms with Crippen LogP contribution in [0.5, 0.6) is 0 Å². The normalized spacial score (nSPS) is 12.6. The third-order valence-electron chi connectivity index (χ3n) is 0.655. The molecule has 7 heavy (non-hydrogen) atoms. The minimum atomic E-state index is 0. The molecule has 0 heterocycles. The maximum atomic E-state index is 2.12. The zero-order valence-corrected chi connectivity index (χ0v) is 7.95. The second kappa shape index (κ2) is 7.12. The summed E-state index contributed by atoms with van der Waals surface area (Å²) in [5.74, 6) is 0. The molecule has 1 aliphatic rings. The molecule has 0 bridgehead atoms. The van der Waals surface area contributed by atoms with Crippen LogP contribution in [0.25, 0.3) is 0 Å². The molecule has 0 saturated heterocycles. The van der Waals surface area contributed by atoms with Gasteiger partial charge in [-0.1, -0.05) is 24.3 Å². The summed E-state index contributed by atoms with van der Waals surface area (Å²) < 4.78 is 0. The maximum Gasteiger partial charge on any atom is 0 e. The van der Waals surface area contributed by atoms with Gasteiger partial charge >= 0.3 is 0 Å². The molecule has 0 aromatic carbocycles. The second-order valence-corrected chi connectivity index (χ2v) is 1.09. The summed E-state index contributed by atoms with van der Waals surface area (Å²) in [5.41, 5.74) is 0. The summed E-state index contributed by atoms with van der Waals surface area (Å²) in [6.45, 7) is 0. The van der Waals surface area contributed by atoms with E-state index in [2.05, 4.69) is 24.3 Å². The van der Waals surface area contributed by atoms with Crippen LogP contribution in [0.1, 0.15) is 6.42 Å². The Kier molecular flexibility index (Phi) is 11.2. The van der Waals surface area contributed by atoms with Crippen molar-refractivity contribution in [3.05, 3.63) is 24.3 Å². The van der Waals surface area contributed by atoms with Gasteiger partial charge in [0, 0.05) is 40.8 Å². The molecule has 38 valence electrons. The summed E-state index contributed by atoms with van der Waals surface area (Å²) in [6, 6.07) is 0. The minimum Gasteiger partial charge on any atom is -0.147 e. The van der Waals surface area contributed by atoms with Crippen LogP contribution < -0.4 is 0 Å². The van der Waals surface area contributed by atoms with E-state index in [1.807, 2.05) is 0 Å². The van der Waals surface area contributed by atoms with Crippen LogP contribution >= 0.6 is 12.4 Å². The van der Waals surface area contributed by atoms with Crippen molar-refractivity contribution in [3.63, 3.8) is 0 Å². The largest absolute Gasteiger partial charge is 0.147 e. The van der Waals surface area contributed by atoms with E-state index in [0.29, 0.717) is 0 Å². The molecule has 0 unspecified atom stereocenters. The van der Waals surface area contributed by atoms with E-state index in [-0.39, 0.29) is 53.2 Å². The standard InChI is InChI=1S/C5H6.ClH.Nd/c1-2-4-5-3-1;;/h1-4H,5H2;1H;. The Balaban J connectivity index is 0. The molecule has 0 aromatic heterocycles. The fraction of sp³-hybridized carbons (Fsp3) is 0.200. The van der Waals surface area contributed by atoms with E-state index in [1.54, 1.807) is 0 Å². The number of allylic oxidation sites excluding steroid dienone is 4. The van der Waals surface area contributed by atoms with E-state index in [9.17, 15) is 0 Å². The number of rotatable bonds is 0. The summed E-state index contributed by atoms with van der Waals surface area (Å²) >= 11 is 0. The Morgan fingerprint density at radius 1 is 1.00 bits per heavy atom. The third kappa shape index (κ3) is 4.98. The van der Waals surface area contributed by atoms with Crippen molar-refractivity contribution in [3.8, 4) is 0 Å². The molecular weight excluding hydrogens is 240 g/mol. The second-order valence-electron chi connectivity index (χ2n) is 1.09. The molecule has 0 atom stereocenters. The van der Waals surface area contributed by atoms with Crippen LogP contribution in [0.4, 0.5) is 0 Å². The smallest absolute Gasteiger partial charge is 0 e. The molecule has 0 nitrogen and oxygen atoms in total. The molecule has 0 saturated carbocycles.